The third-order valence-corrected chi connectivity index (χ3v) is 3.53. The number of ether oxygens (including phenoxy) is 1. The van der Waals surface area contributed by atoms with Gasteiger partial charge in [0.25, 0.3) is 0 Å². The van der Waals surface area contributed by atoms with E-state index in [2.05, 4.69) is 31.4 Å². The third-order valence-electron chi connectivity index (χ3n) is 3.53. The zero-order valence-electron chi connectivity index (χ0n) is 15.9. The van der Waals surface area contributed by atoms with Crippen molar-refractivity contribution in [3.63, 3.8) is 0 Å². The van der Waals surface area contributed by atoms with Crippen molar-refractivity contribution in [3.8, 4) is 0 Å². The van der Waals surface area contributed by atoms with Crippen LogP contribution in [-0.4, -0.2) is 37.1 Å². The van der Waals surface area contributed by atoms with Crippen LogP contribution in [0.1, 0.15) is 73.6 Å². The molecule has 0 aromatic rings. The van der Waals surface area contributed by atoms with Crippen LogP contribution in [0.3, 0.4) is 0 Å². The van der Waals surface area contributed by atoms with Crippen molar-refractivity contribution in [1.29, 1.82) is 0 Å². The number of amides is 2. The molecule has 0 atom stereocenters. The first kappa shape index (κ1) is 21.9. The van der Waals surface area contributed by atoms with Crippen molar-refractivity contribution >= 4 is 11.8 Å². The predicted molar refractivity (Wildman–Crippen MR) is 94.3 cm³/mol. The maximum absolute atomic E-state index is 11.8. The minimum absolute atomic E-state index is 0.0252. The van der Waals surface area contributed by atoms with Gasteiger partial charge in [-0.25, -0.2) is 0 Å². The summed E-state index contributed by atoms with van der Waals surface area (Å²) in [5, 5.41) is 5.92. The van der Waals surface area contributed by atoms with Crippen molar-refractivity contribution in [1.82, 2.24) is 10.6 Å². The average molecular weight is 328 g/mol. The molecule has 0 aromatic carbocycles. The lowest BCUT2D eigenvalue weighted by atomic mass is 9.94. The van der Waals surface area contributed by atoms with Crippen LogP contribution in [0, 0.1) is 5.41 Å². The van der Waals surface area contributed by atoms with Gasteiger partial charge in [0, 0.05) is 24.8 Å². The molecule has 0 unspecified atom stereocenters. The summed E-state index contributed by atoms with van der Waals surface area (Å²) >= 11 is 0. The smallest absolute Gasteiger partial charge is 0.220 e. The lowest BCUT2D eigenvalue weighted by Crippen LogP contribution is -2.47. The van der Waals surface area contributed by atoms with Gasteiger partial charge >= 0.3 is 0 Å². The summed E-state index contributed by atoms with van der Waals surface area (Å²) in [5.41, 5.74) is -0.516. The lowest BCUT2D eigenvalue weighted by Gasteiger charge is -2.30. The molecule has 0 heterocycles. The van der Waals surface area contributed by atoms with Crippen molar-refractivity contribution in [2.24, 2.45) is 5.41 Å². The second kappa shape index (κ2) is 10.6. The van der Waals surface area contributed by atoms with Crippen molar-refractivity contribution in [3.05, 3.63) is 0 Å². The highest BCUT2D eigenvalue weighted by Gasteiger charge is 2.24. The standard InChI is InChI=1S/C18H36N2O3/c1-7-9-10-11-16(22)19-12-17(3,4)13-23-14-18(5,6)20-15(21)8-2/h7-14H2,1-6H3,(H,19,22)(H,20,21). The van der Waals surface area contributed by atoms with Crippen LogP contribution < -0.4 is 10.6 Å². The van der Waals surface area contributed by atoms with E-state index >= 15 is 0 Å². The van der Waals surface area contributed by atoms with Crippen LogP contribution in [0.15, 0.2) is 0 Å². The van der Waals surface area contributed by atoms with E-state index in [4.69, 9.17) is 4.74 Å². The zero-order valence-corrected chi connectivity index (χ0v) is 15.9. The monoisotopic (exact) mass is 328 g/mol. The molecule has 0 saturated heterocycles. The van der Waals surface area contributed by atoms with E-state index in [9.17, 15) is 9.59 Å². The fraction of sp³-hybridized carbons (Fsp3) is 0.889. The van der Waals surface area contributed by atoms with Crippen LogP contribution in [0.4, 0.5) is 0 Å². The number of carbonyl (C=O) groups excluding carboxylic acids is 2. The second-order valence-electron chi connectivity index (χ2n) is 7.68. The van der Waals surface area contributed by atoms with E-state index in [1.165, 1.54) is 0 Å². The van der Waals surface area contributed by atoms with Gasteiger partial charge in [-0.15, -0.1) is 0 Å². The van der Waals surface area contributed by atoms with Crippen LogP contribution >= 0.6 is 0 Å². The van der Waals surface area contributed by atoms with Crippen molar-refractivity contribution < 1.29 is 14.3 Å². The van der Waals surface area contributed by atoms with E-state index in [-0.39, 0.29) is 22.8 Å². The summed E-state index contributed by atoms with van der Waals surface area (Å²) in [6.07, 6.45) is 4.24. The number of rotatable bonds is 12. The quantitative estimate of drug-likeness (QED) is 0.541. The number of hydrogen-bond acceptors (Lipinski definition) is 3. The highest BCUT2D eigenvalue weighted by atomic mass is 16.5. The second-order valence-corrected chi connectivity index (χ2v) is 7.68. The summed E-state index contributed by atoms with van der Waals surface area (Å²) in [6, 6.07) is 0. The fourth-order valence-corrected chi connectivity index (χ4v) is 2.10. The molecule has 0 bridgehead atoms. The van der Waals surface area contributed by atoms with Crippen LogP contribution in [-0.2, 0) is 14.3 Å². The summed E-state index contributed by atoms with van der Waals surface area (Å²) in [4.78, 5) is 23.2. The molecular formula is C18H36N2O3. The Hall–Kier alpha value is -1.10. The van der Waals surface area contributed by atoms with E-state index < -0.39 is 0 Å². The first-order valence-corrected chi connectivity index (χ1v) is 8.77. The Labute approximate surface area is 141 Å². The fourth-order valence-electron chi connectivity index (χ4n) is 2.10. The van der Waals surface area contributed by atoms with Gasteiger partial charge in [-0.3, -0.25) is 9.59 Å². The first-order chi connectivity index (χ1) is 10.6. The lowest BCUT2D eigenvalue weighted by molar-refractivity contribution is -0.124. The summed E-state index contributed by atoms with van der Waals surface area (Å²) in [7, 11) is 0. The molecule has 0 radical (unpaired) electrons. The predicted octanol–water partition coefficient (Wildman–Crippen LogP) is 3.03. The molecule has 0 aliphatic heterocycles. The van der Waals surface area contributed by atoms with E-state index in [0.717, 1.165) is 19.3 Å². The summed E-state index contributed by atoms with van der Waals surface area (Å²) < 4.78 is 5.77. The molecule has 136 valence electrons. The van der Waals surface area contributed by atoms with Crippen LogP contribution in [0.5, 0.6) is 0 Å². The maximum Gasteiger partial charge on any atom is 0.220 e. The molecule has 0 aliphatic rings. The Balaban J connectivity index is 4.03. The Morgan fingerprint density at radius 3 is 2.17 bits per heavy atom. The molecule has 0 aliphatic carbocycles. The van der Waals surface area contributed by atoms with Crippen molar-refractivity contribution in [2.75, 3.05) is 19.8 Å². The van der Waals surface area contributed by atoms with E-state index in [1.807, 2.05) is 20.8 Å². The van der Waals surface area contributed by atoms with Gasteiger partial charge in [-0.05, 0) is 20.3 Å². The molecular weight excluding hydrogens is 292 g/mol. The van der Waals surface area contributed by atoms with Gasteiger partial charge < -0.3 is 15.4 Å². The van der Waals surface area contributed by atoms with Gasteiger partial charge in [-0.2, -0.15) is 0 Å². The first-order valence-electron chi connectivity index (χ1n) is 8.77. The molecule has 0 rings (SSSR count). The number of unbranched alkanes of at least 4 members (excludes halogenated alkanes) is 2. The Morgan fingerprint density at radius 2 is 1.61 bits per heavy atom. The molecule has 5 nitrogen and oxygen atoms in total. The van der Waals surface area contributed by atoms with E-state index in [1.54, 1.807) is 0 Å². The molecule has 0 aromatic heterocycles. The Morgan fingerprint density at radius 1 is 0.957 bits per heavy atom. The van der Waals surface area contributed by atoms with Crippen LogP contribution in [0.2, 0.25) is 0 Å². The molecule has 23 heavy (non-hydrogen) atoms. The van der Waals surface area contributed by atoms with Crippen LogP contribution in [0.25, 0.3) is 0 Å². The van der Waals surface area contributed by atoms with Gasteiger partial charge in [0.2, 0.25) is 11.8 Å². The number of nitrogens with one attached hydrogen (secondary N) is 2. The molecule has 0 fully saturated rings. The molecule has 0 spiro atoms. The summed E-state index contributed by atoms with van der Waals surface area (Å²) in [5.74, 6) is 0.138. The molecule has 0 saturated carbocycles. The van der Waals surface area contributed by atoms with E-state index in [0.29, 0.717) is 32.6 Å². The Bertz CT molecular complexity index is 365. The minimum Gasteiger partial charge on any atom is -0.378 e. The normalized spacial score (nSPS) is 12.1. The highest BCUT2D eigenvalue weighted by Crippen LogP contribution is 2.15. The molecule has 2 amide bonds. The third kappa shape index (κ3) is 12.0. The van der Waals surface area contributed by atoms with Gasteiger partial charge in [-0.1, -0.05) is 40.5 Å². The SMILES string of the molecule is CCCCCC(=O)NCC(C)(C)COCC(C)(C)NC(=O)CC. The van der Waals surface area contributed by atoms with Crippen molar-refractivity contribution in [2.45, 2.75) is 79.2 Å². The topological polar surface area (TPSA) is 67.4 Å². The zero-order chi connectivity index (χ0) is 17.9. The molecule has 2 N–H and O–H groups in total. The van der Waals surface area contributed by atoms with Gasteiger partial charge in [0.05, 0.1) is 18.8 Å². The summed E-state index contributed by atoms with van der Waals surface area (Å²) in [6.45, 7) is 13.6. The largest absolute Gasteiger partial charge is 0.378 e. The highest BCUT2D eigenvalue weighted by molar-refractivity contribution is 5.76. The van der Waals surface area contributed by atoms with Gasteiger partial charge in [0.15, 0.2) is 0 Å². The maximum atomic E-state index is 11.8. The minimum atomic E-state index is -0.382. The number of hydrogen-bond donors (Lipinski definition) is 2. The number of carbonyl (C=O) groups is 2. The average Bonchev–Trinajstić information content (AvgIpc) is 2.44. The molecule has 5 heteroatoms. The Kier molecular flexibility index (Phi) is 10.1. The van der Waals surface area contributed by atoms with Gasteiger partial charge in [0.1, 0.15) is 0 Å².